The van der Waals surface area contributed by atoms with Crippen LogP contribution < -0.4 is 14.8 Å². The average Bonchev–Trinajstić information content (AvgIpc) is 3.29. The normalized spacial score (nSPS) is 17.1. The van der Waals surface area contributed by atoms with E-state index in [-0.39, 0.29) is 78.5 Å². The van der Waals surface area contributed by atoms with E-state index in [4.69, 9.17) is 32.8 Å². The van der Waals surface area contributed by atoms with Crippen LogP contribution in [-0.4, -0.2) is 114 Å². The molecule has 6 aromatic rings. The molecule has 7 rings (SSSR count). The van der Waals surface area contributed by atoms with Crippen LogP contribution >= 0.6 is 0 Å². The highest BCUT2D eigenvalue weighted by atomic mass is 28.4. The second-order valence-electron chi connectivity index (χ2n) is 14.8. The maximum absolute atomic E-state index is 13.4. The number of nitrogens with one attached hydrogen (secondary N) is 1. The Morgan fingerprint density at radius 3 is 1.59 bits per heavy atom. The van der Waals surface area contributed by atoms with E-state index in [1.54, 1.807) is 6.92 Å². The van der Waals surface area contributed by atoms with Crippen LogP contribution in [0.3, 0.4) is 0 Å². The molecule has 330 valence electrons. The van der Waals surface area contributed by atoms with Gasteiger partial charge in [-0.25, -0.2) is 4.79 Å². The van der Waals surface area contributed by atoms with E-state index in [9.17, 15) is 24.3 Å². The average molecular weight is 876 g/mol. The van der Waals surface area contributed by atoms with Gasteiger partial charge in [-0.15, -0.1) is 0 Å². The van der Waals surface area contributed by atoms with Gasteiger partial charge in [-0.1, -0.05) is 109 Å². The molecule has 0 spiro atoms. The van der Waals surface area contributed by atoms with Crippen molar-refractivity contribution in [3.05, 3.63) is 121 Å². The first-order valence-corrected chi connectivity index (χ1v) is 23.2. The van der Waals surface area contributed by atoms with Crippen LogP contribution in [0.15, 0.2) is 121 Å². The van der Waals surface area contributed by atoms with Gasteiger partial charge in [0.25, 0.3) is 5.91 Å². The van der Waals surface area contributed by atoms with E-state index in [2.05, 4.69) is 66.0 Å². The maximum atomic E-state index is 13.4. The highest BCUT2D eigenvalue weighted by Gasteiger charge is 2.36. The van der Waals surface area contributed by atoms with Crippen molar-refractivity contribution in [2.24, 2.45) is 0 Å². The third-order valence-electron chi connectivity index (χ3n) is 10.6. The highest BCUT2D eigenvalue weighted by Crippen LogP contribution is 2.52. The molecule has 0 bridgehead atoms. The number of rotatable bonds is 10. The maximum Gasteiger partial charge on any atom is 0.495 e. The Morgan fingerprint density at radius 2 is 1.10 bits per heavy atom. The Bertz CT molecular complexity index is 2450. The summed E-state index contributed by atoms with van der Waals surface area (Å²) in [5.74, 6) is -0.848. The van der Waals surface area contributed by atoms with E-state index in [0.29, 0.717) is 11.5 Å². The molecule has 0 saturated heterocycles. The Balaban J connectivity index is 1.25. The van der Waals surface area contributed by atoms with E-state index in [1.807, 2.05) is 60.7 Å². The van der Waals surface area contributed by atoms with Crippen LogP contribution in [0.25, 0.3) is 54.9 Å². The highest BCUT2D eigenvalue weighted by molar-refractivity contribution is 6.57. The number of carboxylic acid groups (broad SMARTS) is 1. The lowest BCUT2D eigenvalue weighted by molar-refractivity contribution is -0.171. The van der Waals surface area contributed by atoms with E-state index >= 15 is 0 Å². The third kappa shape index (κ3) is 11.5. The minimum Gasteiger partial charge on any atom is -0.490 e. The Labute approximate surface area is 367 Å². The quantitative estimate of drug-likeness (QED) is 0.0813. The summed E-state index contributed by atoms with van der Waals surface area (Å²) in [6.45, 7) is 2.09. The lowest BCUT2D eigenvalue weighted by atomic mass is 9.86. The van der Waals surface area contributed by atoms with Crippen LogP contribution in [0.5, 0.6) is 11.5 Å². The molecule has 6 aromatic carbocycles. The van der Waals surface area contributed by atoms with Crippen molar-refractivity contribution in [3.8, 4) is 44.9 Å². The first kappa shape index (κ1) is 45.3. The number of aliphatic carboxylic acids is 1. The van der Waals surface area contributed by atoms with Gasteiger partial charge in [0, 0.05) is 41.4 Å². The van der Waals surface area contributed by atoms with Crippen LogP contribution in [0.2, 0.25) is 6.04 Å². The molecule has 1 amide bonds. The molecule has 63 heavy (non-hydrogen) atoms. The topological polar surface area (TPSA) is 171 Å². The van der Waals surface area contributed by atoms with Gasteiger partial charge < -0.3 is 52.9 Å². The summed E-state index contributed by atoms with van der Waals surface area (Å²) in [7, 11) is -3.86. The zero-order valence-electron chi connectivity index (χ0n) is 35.2. The van der Waals surface area contributed by atoms with E-state index < -0.39 is 32.9 Å². The van der Waals surface area contributed by atoms with Gasteiger partial charge in [-0.05, 0) is 58.1 Å². The van der Waals surface area contributed by atoms with Crippen LogP contribution in [0.4, 0.5) is 0 Å². The fourth-order valence-electron chi connectivity index (χ4n) is 7.72. The molecule has 1 heterocycles. The van der Waals surface area contributed by atoms with Crippen molar-refractivity contribution in [1.29, 1.82) is 0 Å². The molecule has 14 heteroatoms. The summed E-state index contributed by atoms with van der Waals surface area (Å²) in [5.41, 5.74) is 5.42. The van der Waals surface area contributed by atoms with Crippen LogP contribution in [0.1, 0.15) is 13.3 Å². The number of hydrogen-bond donors (Lipinski definition) is 4. The van der Waals surface area contributed by atoms with Gasteiger partial charge >= 0.3 is 14.8 Å². The number of ether oxygens (including phenoxy) is 6. The molecule has 0 aromatic heterocycles. The summed E-state index contributed by atoms with van der Waals surface area (Å²) < 4.78 is 42.2. The molecule has 0 radical (unpaired) electrons. The molecule has 1 aliphatic heterocycles. The Hall–Kier alpha value is -5.68. The Morgan fingerprint density at radius 1 is 0.635 bits per heavy atom. The zero-order valence-corrected chi connectivity index (χ0v) is 36.2. The molecule has 0 saturated carbocycles. The summed E-state index contributed by atoms with van der Waals surface area (Å²) in [4.78, 5) is 46.0. The molecule has 4 N–H and O–H groups in total. The minimum atomic E-state index is -3.86. The molecular formula is C49H53NO12Si. The summed E-state index contributed by atoms with van der Waals surface area (Å²) in [5, 5.41) is 16.8. The number of carbonyl (C=O) groups is 2. The first-order chi connectivity index (χ1) is 30.8. The number of carboxylic acids is 1. The number of carbonyl (C=O) groups excluding carboxylic acids is 1. The number of hydrogen-bond acceptors (Lipinski definition) is 11. The molecule has 0 aliphatic carbocycles. The van der Waals surface area contributed by atoms with Gasteiger partial charge in [0.1, 0.15) is 24.7 Å². The lowest BCUT2D eigenvalue weighted by Crippen LogP contribution is -2.50. The van der Waals surface area contributed by atoms with Crippen molar-refractivity contribution in [3.63, 3.8) is 0 Å². The molecular weight excluding hydrogens is 823 g/mol. The molecule has 1 aliphatic rings. The standard InChI is InChI=1S/C49H53NO12Si/c1-2-62-63(54,55)31-13-22-50-48(51)46-47(49(52)53)61-30-26-57-24-28-59-45-41(35-16-7-4-8-17-35)33-37-19-10-12-21-39(37)43(45)42-38-20-11-9-18-36(38)32-40(34-14-5-3-6-15-34)44(42)58-27-23-56-25-29-60-46/h3-12,14-21,32-33,46-47,54-55H,2,13,22-31H2,1H3,(H,50,51)(H,52,53)/t46-,47-/m1/s1. The monoisotopic (exact) mass is 875 g/mol. The SMILES string of the molecule is CCO[Si](O)(O)CCCNC(=O)[C@@H]1OCCOCCOc2c(-c3ccccc3)cc3ccccc3c2-c2c(c(-c3ccccc3)cc3ccccc23)OCCOCCO[C@H]1C(=O)O. The van der Waals surface area contributed by atoms with Crippen molar-refractivity contribution in [2.75, 3.05) is 66.0 Å². The van der Waals surface area contributed by atoms with Gasteiger partial charge in [0.15, 0.2) is 12.2 Å². The van der Waals surface area contributed by atoms with Crippen molar-refractivity contribution < 1.29 is 57.1 Å². The number of fused-ring (bicyclic) bond motifs is 7. The zero-order chi connectivity index (χ0) is 44.0. The first-order valence-electron chi connectivity index (χ1n) is 21.2. The number of benzene rings is 6. The fourth-order valence-corrected chi connectivity index (χ4v) is 8.96. The van der Waals surface area contributed by atoms with Crippen LogP contribution in [0, 0.1) is 0 Å². The second-order valence-corrected chi connectivity index (χ2v) is 17.1. The second kappa shape index (κ2) is 22.1. The van der Waals surface area contributed by atoms with Gasteiger partial charge in [-0.3, -0.25) is 4.79 Å². The Kier molecular flexibility index (Phi) is 15.9. The van der Waals surface area contributed by atoms with Crippen LogP contribution in [-0.2, 0) is 33.0 Å². The number of amides is 1. The summed E-state index contributed by atoms with van der Waals surface area (Å²) >= 11 is 0. The molecule has 0 unspecified atom stereocenters. The summed E-state index contributed by atoms with van der Waals surface area (Å²) in [6, 6.07) is 40.9. The lowest BCUT2D eigenvalue weighted by Gasteiger charge is -2.25. The van der Waals surface area contributed by atoms with Crippen molar-refractivity contribution in [2.45, 2.75) is 31.6 Å². The largest absolute Gasteiger partial charge is 0.495 e. The fraction of sp³-hybridized carbons (Fsp3) is 0.306. The third-order valence-corrected chi connectivity index (χ3v) is 12.3. The van der Waals surface area contributed by atoms with E-state index in [0.717, 1.165) is 54.9 Å². The molecule has 0 fully saturated rings. The predicted molar refractivity (Wildman–Crippen MR) is 242 cm³/mol. The van der Waals surface area contributed by atoms with Crippen molar-refractivity contribution >= 4 is 42.2 Å². The van der Waals surface area contributed by atoms with Crippen molar-refractivity contribution in [1.82, 2.24) is 5.32 Å². The molecule has 2 atom stereocenters. The van der Waals surface area contributed by atoms with Gasteiger partial charge in [0.05, 0.1) is 39.6 Å². The molecule has 13 nitrogen and oxygen atoms in total. The predicted octanol–water partition coefficient (Wildman–Crippen LogP) is 7.12. The summed E-state index contributed by atoms with van der Waals surface area (Å²) in [6.07, 6.45) is -3.04. The van der Waals surface area contributed by atoms with Gasteiger partial charge in [-0.2, -0.15) is 0 Å². The van der Waals surface area contributed by atoms with Gasteiger partial charge in [0.2, 0.25) is 0 Å². The minimum absolute atomic E-state index is 0.000401. The smallest absolute Gasteiger partial charge is 0.490 e. The van der Waals surface area contributed by atoms with E-state index in [1.165, 1.54) is 0 Å².